The van der Waals surface area contributed by atoms with Gasteiger partial charge in [0, 0.05) is 52.4 Å². The maximum absolute atomic E-state index is 12.6. The second-order valence-electron chi connectivity index (χ2n) is 10.1. The molecule has 0 bridgehead atoms. The molecule has 0 unspecified atom stereocenters. The van der Waals surface area contributed by atoms with Crippen LogP contribution in [-0.2, 0) is 11.3 Å². The van der Waals surface area contributed by atoms with E-state index in [2.05, 4.69) is 60.1 Å². The van der Waals surface area contributed by atoms with Crippen LogP contribution in [0.15, 0.2) is 66.6 Å². The number of hydrogen-bond acceptors (Lipinski definition) is 6. The van der Waals surface area contributed by atoms with Gasteiger partial charge in [0.15, 0.2) is 5.82 Å². The molecule has 1 aliphatic rings. The molecule has 1 aromatic carbocycles. The number of H-pyrrole nitrogens is 2. The monoisotopic (exact) mass is 533 g/mol. The van der Waals surface area contributed by atoms with Crippen LogP contribution < -0.4 is 5.32 Å². The molecule has 0 saturated heterocycles. The number of aromatic nitrogens is 6. The smallest absolute Gasteiger partial charge is 0.223 e. The Morgan fingerprint density at radius 3 is 2.74 bits per heavy atom. The van der Waals surface area contributed by atoms with Crippen molar-refractivity contribution in [2.75, 3.05) is 0 Å². The molecule has 0 spiro atoms. The predicted molar refractivity (Wildman–Crippen MR) is 154 cm³/mol. The quantitative estimate of drug-likeness (QED) is 0.227. The summed E-state index contributed by atoms with van der Waals surface area (Å²) in [6.07, 6.45) is 12.9. The first-order valence-corrected chi connectivity index (χ1v) is 14.2. The highest BCUT2D eigenvalue weighted by Gasteiger charge is 2.21. The summed E-state index contributed by atoms with van der Waals surface area (Å²) in [6, 6.07) is 12.4. The molecule has 39 heavy (non-hydrogen) atoms. The summed E-state index contributed by atoms with van der Waals surface area (Å²) in [6.45, 7) is 0.481. The molecule has 9 heteroatoms. The van der Waals surface area contributed by atoms with Gasteiger partial charge in [-0.25, -0.2) is 4.98 Å². The van der Waals surface area contributed by atoms with Crippen LogP contribution in [0.5, 0.6) is 0 Å². The van der Waals surface area contributed by atoms with Crippen molar-refractivity contribution in [3.63, 3.8) is 0 Å². The lowest BCUT2D eigenvalue weighted by Gasteiger charge is -2.20. The van der Waals surface area contributed by atoms with E-state index in [0.29, 0.717) is 12.4 Å². The van der Waals surface area contributed by atoms with Crippen molar-refractivity contribution in [3.8, 4) is 33.1 Å². The van der Waals surface area contributed by atoms with E-state index in [1.807, 2.05) is 30.7 Å². The van der Waals surface area contributed by atoms with Gasteiger partial charge in [0.2, 0.25) is 5.91 Å². The third kappa shape index (κ3) is 4.59. The average Bonchev–Trinajstić information content (AvgIpc) is 3.75. The molecule has 0 aliphatic heterocycles. The minimum absolute atomic E-state index is 0.146. The van der Waals surface area contributed by atoms with Crippen LogP contribution in [0, 0.1) is 5.92 Å². The molecule has 0 radical (unpaired) electrons. The van der Waals surface area contributed by atoms with Crippen LogP contribution in [0.4, 0.5) is 0 Å². The standard InChI is InChI=1S/C30H27N7OS/c38-30(19-5-2-1-3-6-19)33-14-18-11-21(15-31-13-18)20-8-9-24-22(12-20)28(37-36-24)29-34-25-17-32-16-23(27(25)35-29)26-7-4-10-39-26/h4,7-13,15-17,19H,1-3,5-6,14H2,(H,33,38)(H,34,35)(H,36,37). The average molecular weight is 534 g/mol. The lowest BCUT2D eigenvalue weighted by atomic mass is 9.88. The van der Waals surface area contributed by atoms with Crippen molar-refractivity contribution in [2.45, 2.75) is 38.6 Å². The normalized spacial score (nSPS) is 14.3. The number of fused-ring (bicyclic) bond motifs is 2. The third-order valence-corrected chi connectivity index (χ3v) is 8.44. The number of imidazole rings is 1. The summed E-state index contributed by atoms with van der Waals surface area (Å²) in [4.78, 5) is 31.0. The van der Waals surface area contributed by atoms with Crippen LogP contribution in [0.2, 0.25) is 0 Å². The number of thiophene rings is 1. The number of nitrogens with zero attached hydrogens (tertiary/aromatic N) is 4. The first-order chi connectivity index (χ1) is 19.2. The molecular weight excluding hydrogens is 506 g/mol. The lowest BCUT2D eigenvalue weighted by Crippen LogP contribution is -2.31. The number of carbonyl (C=O) groups is 1. The second-order valence-corrected chi connectivity index (χ2v) is 11.1. The SMILES string of the molecule is O=C(NCc1cncc(-c2ccc3[nH]nc(-c4nc5c(-c6cccs6)cncc5[nH]4)c3c2)c1)C1CCCCC1. The molecule has 1 saturated carbocycles. The van der Waals surface area contributed by atoms with Gasteiger partial charge in [0.05, 0.1) is 17.2 Å². The number of amides is 1. The van der Waals surface area contributed by atoms with Gasteiger partial charge in [0.25, 0.3) is 0 Å². The summed E-state index contributed by atoms with van der Waals surface area (Å²) < 4.78 is 0. The van der Waals surface area contributed by atoms with Crippen molar-refractivity contribution in [1.29, 1.82) is 0 Å². The van der Waals surface area contributed by atoms with Gasteiger partial charge in [-0.1, -0.05) is 31.4 Å². The Kier molecular flexibility index (Phi) is 6.13. The number of rotatable bonds is 6. The van der Waals surface area contributed by atoms with Crippen LogP contribution in [-0.4, -0.2) is 36.0 Å². The Balaban J connectivity index is 1.18. The van der Waals surface area contributed by atoms with Crippen molar-refractivity contribution < 1.29 is 4.79 Å². The number of hydrogen-bond donors (Lipinski definition) is 3. The number of benzene rings is 1. The minimum Gasteiger partial charge on any atom is -0.352 e. The van der Waals surface area contributed by atoms with E-state index in [9.17, 15) is 4.79 Å². The van der Waals surface area contributed by atoms with E-state index in [0.717, 1.165) is 80.4 Å². The summed E-state index contributed by atoms with van der Waals surface area (Å²) in [5.41, 5.74) is 7.42. The summed E-state index contributed by atoms with van der Waals surface area (Å²) in [7, 11) is 0. The van der Waals surface area contributed by atoms with Crippen LogP contribution in [0.25, 0.3) is 55.0 Å². The van der Waals surface area contributed by atoms with Crippen molar-refractivity contribution in [3.05, 3.63) is 72.1 Å². The predicted octanol–water partition coefficient (Wildman–Crippen LogP) is 6.49. The zero-order valence-corrected chi connectivity index (χ0v) is 22.1. The van der Waals surface area contributed by atoms with Gasteiger partial charge in [0.1, 0.15) is 11.2 Å². The highest BCUT2D eigenvalue weighted by atomic mass is 32.1. The number of carbonyl (C=O) groups excluding carboxylic acids is 1. The van der Waals surface area contributed by atoms with E-state index in [4.69, 9.17) is 4.98 Å². The number of nitrogens with one attached hydrogen (secondary N) is 3. The molecule has 194 valence electrons. The molecule has 6 aromatic rings. The molecule has 5 aromatic heterocycles. The fourth-order valence-electron chi connectivity index (χ4n) is 5.47. The lowest BCUT2D eigenvalue weighted by molar-refractivity contribution is -0.126. The largest absolute Gasteiger partial charge is 0.352 e. The van der Waals surface area contributed by atoms with Gasteiger partial charge < -0.3 is 10.3 Å². The summed E-state index contributed by atoms with van der Waals surface area (Å²) in [5.74, 6) is 0.997. The second kappa shape index (κ2) is 10.1. The fraction of sp³-hybridized carbons (Fsp3) is 0.233. The van der Waals surface area contributed by atoms with Gasteiger partial charge >= 0.3 is 0 Å². The van der Waals surface area contributed by atoms with Crippen LogP contribution >= 0.6 is 11.3 Å². The van der Waals surface area contributed by atoms with Crippen molar-refractivity contribution in [1.82, 2.24) is 35.5 Å². The van der Waals surface area contributed by atoms with E-state index in [-0.39, 0.29) is 11.8 Å². The first-order valence-electron chi connectivity index (χ1n) is 13.3. The Hall–Kier alpha value is -4.37. The zero-order valence-electron chi connectivity index (χ0n) is 21.3. The molecule has 1 amide bonds. The summed E-state index contributed by atoms with van der Waals surface area (Å²) >= 11 is 1.67. The molecule has 0 atom stereocenters. The topological polar surface area (TPSA) is 112 Å². The van der Waals surface area contributed by atoms with Crippen LogP contribution in [0.1, 0.15) is 37.7 Å². The van der Waals surface area contributed by atoms with Gasteiger partial charge in [-0.2, -0.15) is 5.10 Å². The van der Waals surface area contributed by atoms with Gasteiger partial charge in [-0.3, -0.25) is 19.9 Å². The Morgan fingerprint density at radius 2 is 1.87 bits per heavy atom. The van der Waals surface area contributed by atoms with E-state index in [1.165, 1.54) is 6.42 Å². The molecule has 3 N–H and O–H groups in total. The van der Waals surface area contributed by atoms with Crippen molar-refractivity contribution >= 4 is 39.2 Å². The zero-order chi connectivity index (χ0) is 26.2. The third-order valence-electron chi connectivity index (χ3n) is 7.54. The van der Waals surface area contributed by atoms with Crippen molar-refractivity contribution in [2.24, 2.45) is 5.92 Å². The van der Waals surface area contributed by atoms with Gasteiger partial charge in [-0.15, -0.1) is 11.3 Å². The molecule has 7 rings (SSSR count). The summed E-state index contributed by atoms with van der Waals surface area (Å²) in [5, 5.41) is 13.9. The molecule has 1 aliphatic carbocycles. The highest BCUT2D eigenvalue weighted by Crippen LogP contribution is 2.34. The van der Waals surface area contributed by atoms with E-state index < -0.39 is 0 Å². The highest BCUT2D eigenvalue weighted by molar-refractivity contribution is 7.13. The Morgan fingerprint density at radius 1 is 0.974 bits per heavy atom. The van der Waals surface area contributed by atoms with E-state index >= 15 is 0 Å². The maximum Gasteiger partial charge on any atom is 0.223 e. The van der Waals surface area contributed by atoms with Gasteiger partial charge in [-0.05, 0) is 53.6 Å². The Labute approximate surface area is 228 Å². The first kappa shape index (κ1) is 23.7. The fourth-order valence-corrected chi connectivity index (χ4v) is 6.21. The molecular formula is C30H27N7OS. The number of pyridine rings is 2. The minimum atomic E-state index is 0.146. The molecule has 1 fully saturated rings. The Bertz CT molecular complexity index is 1780. The van der Waals surface area contributed by atoms with Crippen LogP contribution in [0.3, 0.4) is 0 Å². The number of aromatic amines is 2. The van der Waals surface area contributed by atoms with E-state index in [1.54, 1.807) is 17.5 Å². The molecule has 5 heterocycles. The maximum atomic E-state index is 12.6. The molecule has 8 nitrogen and oxygen atoms in total.